The SMILES string of the molecule is CNc1cc(C(=O)O)ccc1OCI. The van der Waals surface area contributed by atoms with Gasteiger partial charge in [0.05, 0.1) is 11.3 Å². The number of alkyl halides is 1. The summed E-state index contributed by atoms with van der Waals surface area (Å²) >= 11 is 2.08. The Morgan fingerprint density at radius 3 is 2.86 bits per heavy atom. The lowest BCUT2D eigenvalue weighted by Crippen LogP contribution is -2.00. The van der Waals surface area contributed by atoms with E-state index in [1.54, 1.807) is 19.2 Å². The van der Waals surface area contributed by atoms with Gasteiger partial charge >= 0.3 is 5.97 Å². The molecule has 1 aromatic rings. The van der Waals surface area contributed by atoms with Gasteiger partial charge in [0.15, 0.2) is 0 Å². The zero-order valence-electron chi connectivity index (χ0n) is 7.58. The monoisotopic (exact) mass is 307 g/mol. The molecule has 0 aliphatic carbocycles. The van der Waals surface area contributed by atoms with E-state index < -0.39 is 5.97 Å². The van der Waals surface area contributed by atoms with E-state index in [0.29, 0.717) is 16.1 Å². The normalized spacial score (nSPS) is 9.57. The summed E-state index contributed by atoms with van der Waals surface area (Å²) in [5, 5.41) is 11.6. The van der Waals surface area contributed by atoms with E-state index in [2.05, 4.69) is 27.9 Å². The fraction of sp³-hybridized carbons (Fsp3) is 0.222. The van der Waals surface area contributed by atoms with Gasteiger partial charge in [0.1, 0.15) is 10.4 Å². The van der Waals surface area contributed by atoms with Crippen molar-refractivity contribution >= 4 is 34.2 Å². The van der Waals surface area contributed by atoms with Crippen LogP contribution in [-0.4, -0.2) is 22.7 Å². The summed E-state index contributed by atoms with van der Waals surface area (Å²) in [6.45, 7) is 0. The third-order valence-electron chi connectivity index (χ3n) is 1.71. The molecule has 0 aliphatic rings. The number of halogens is 1. The number of aromatic carboxylic acids is 1. The highest BCUT2D eigenvalue weighted by atomic mass is 127. The Kier molecular flexibility index (Phi) is 3.99. The van der Waals surface area contributed by atoms with E-state index in [1.165, 1.54) is 6.07 Å². The van der Waals surface area contributed by atoms with Crippen molar-refractivity contribution < 1.29 is 14.6 Å². The minimum absolute atomic E-state index is 0.246. The molecule has 5 heteroatoms. The lowest BCUT2D eigenvalue weighted by Gasteiger charge is -2.09. The summed E-state index contributed by atoms with van der Waals surface area (Å²) in [5.41, 5.74) is 0.928. The van der Waals surface area contributed by atoms with Crippen LogP contribution in [0.1, 0.15) is 10.4 Å². The number of carbonyl (C=O) groups is 1. The molecule has 0 heterocycles. The first-order chi connectivity index (χ1) is 6.69. The van der Waals surface area contributed by atoms with E-state index in [9.17, 15) is 4.79 Å². The second-order valence-corrected chi connectivity index (χ2v) is 3.14. The molecule has 0 saturated heterocycles. The third kappa shape index (κ3) is 2.50. The van der Waals surface area contributed by atoms with Crippen LogP contribution in [0, 0.1) is 0 Å². The van der Waals surface area contributed by atoms with E-state index in [4.69, 9.17) is 9.84 Å². The van der Waals surface area contributed by atoms with Crippen molar-refractivity contribution in [3.8, 4) is 5.75 Å². The summed E-state index contributed by atoms with van der Waals surface area (Å²) in [7, 11) is 1.72. The van der Waals surface area contributed by atoms with Gasteiger partial charge < -0.3 is 15.2 Å². The molecule has 0 aromatic heterocycles. The van der Waals surface area contributed by atoms with Gasteiger partial charge in [-0.05, 0) is 40.8 Å². The van der Waals surface area contributed by atoms with Crippen molar-refractivity contribution in [2.75, 3.05) is 17.0 Å². The first kappa shape index (κ1) is 11.1. The maximum Gasteiger partial charge on any atom is 0.335 e. The number of carboxylic acids is 1. The second-order valence-electron chi connectivity index (χ2n) is 2.52. The van der Waals surface area contributed by atoms with Crippen LogP contribution in [0.4, 0.5) is 5.69 Å². The Balaban J connectivity index is 3.04. The van der Waals surface area contributed by atoms with E-state index >= 15 is 0 Å². The largest absolute Gasteiger partial charge is 0.481 e. The Labute approximate surface area is 95.4 Å². The highest BCUT2D eigenvalue weighted by Gasteiger charge is 2.07. The first-order valence-electron chi connectivity index (χ1n) is 3.93. The summed E-state index contributed by atoms with van der Waals surface area (Å²) in [4.78, 5) is 10.7. The van der Waals surface area contributed by atoms with Crippen LogP contribution in [0.2, 0.25) is 0 Å². The minimum Gasteiger partial charge on any atom is -0.481 e. The predicted octanol–water partition coefficient (Wildman–Crippen LogP) is 2.20. The number of hydrogen-bond acceptors (Lipinski definition) is 3. The van der Waals surface area contributed by atoms with Gasteiger partial charge in [0.25, 0.3) is 0 Å². The Hall–Kier alpha value is -0.980. The molecule has 14 heavy (non-hydrogen) atoms. The first-order valence-corrected chi connectivity index (χ1v) is 5.45. The zero-order valence-corrected chi connectivity index (χ0v) is 9.74. The number of ether oxygens (including phenoxy) is 1. The molecule has 0 atom stereocenters. The van der Waals surface area contributed by atoms with Crippen LogP contribution in [0.25, 0.3) is 0 Å². The molecule has 4 nitrogen and oxygen atoms in total. The molecular formula is C9H10INO3. The van der Waals surface area contributed by atoms with Crippen molar-refractivity contribution in [3.05, 3.63) is 23.8 Å². The van der Waals surface area contributed by atoms with Crippen molar-refractivity contribution in [1.29, 1.82) is 0 Å². The summed E-state index contributed by atoms with van der Waals surface area (Å²) in [6, 6.07) is 4.71. The van der Waals surface area contributed by atoms with Crippen molar-refractivity contribution in [2.24, 2.45) is 0 Å². The van der Waals surface area contributed by atoms with Crippen molar-refractivity contribution in [3.63, 3.8) is 0 Å². The van der Waals surface area contributed by atoms with Crippen LogP contribution in [0.15, 0.2) is 18.2 Å². The molecule has 1 aromatic carbocycles. The Morgan fingerprint density at radius 1 is 1.64 bits per heavy atom. The van der Waals surface area contributed by atoms with Crippen LogP contribution >= 0.6 is 22.6 Å². The summed E-state index contributed by atoms with van der Waals surface area (Å²) in [6.07, 6.45) is 0. The summed E-state index contributed by atoms with van der Waals surface area (Å²) < 4.78 is 5.82. The molecule has 0 radical (unpaired) electrons. The minimum atomic E-state index is -0.942. The number of nitrogens with one attached hydrogen (secondary N) is 1. The smallest absolute Gasteiger partial charge is 0.335 e. The molecule has 0 fully saturated rings. The predicted molar refractivity (Wildman–Crippen MR) is 62.5 cm³/mol. The van der Waals surface area contributed by atoms with Gasteiger partial charge in [0, 0.05) is 7.05 Å². The highest BCUT2D eigenvalue weighted by Crippen LogP contribution is 2.25. The molecule has 0 saturated carbocycles. The van der Waals surface area contributed by atoms with Crippen LogP contribution in [0.5, 0.6) is 5.75 Å². The topological polar surface area (TPSA) is 58.6 Å². The number of rotatable bonds is 4. The van der Waals surface area contributed by atoms with Gasteiger partial charge in [-0.3, -0.25) is 0 Å². The molecule has 76 valence electrons. The van der Waals surface area contributed by atoms with Gasteiger partial charge in [-0.25, -0.2) is 4.79 Å². The van der Waals surface area contributed by atoms with Gasteiger partial charge in [0.2, 0.25) is 0 Å². The number of anilines is 1. The second kappa shape index (κ2) is 5.04. The standard InChI is InChI=1S/C9H10INO3/c1-11-7-4-6(9(12)13)2-3-8(7)14-5-10/h2-4,11H,5H2,1H3,(H,12,13). The molecule has 0 spiro atoms. The fourth-order valence-electron chi connectivity index (χ4n) is 1.04. The fourth-order valence-corrected chi connectivity index (χ4v) is 1.38. The molecule has 0 unspecified atom stereocenters. The quantitative estimate of drug-likeness (QED) is 0.661. The maximum absolute atomic E-state index is 10.7. The van der Waals surface area contributed by atoms with Crippen LogP contribution < -0.4 is 10.1 Å². The van der Waals surface area contributed by atoms with Gasteiger partial charge in [-0.1, -0.05) is 0 Å². The van der Waals surface area contributed by atoms with E-state index in [0.717, 1.165) is 0 Å². The van der Waals surface area contributed by atoms with Crippen molar-refractivity contribution in [1.82, 2.24) is 0 Å². The molecule has 1 rings (SSSR count). The summed E-state index contributed by atoms with van der Waals surface area (Å²) in [5.74, 6) is -0.283. The number of carboxylic acid groups (broad SMARTS) is 1. The van der Waals surface area contributed by atoms with Crippen LogP contribution in [0.3, 0.4) is 0 Å². The highest BCUT2D eigenvalue weighted by molar-refractivity contribution is 14.1. The maximum atomic E-state index is 10.7. The van der Waals surface area contributed by atoms with E-state index in [-0.39, 0.29) is 5.56 Å². The zero-order chi connectivity index (χ0) is 10.6. The average molecular weight is 307 g/mol. The lowest BCUT2D eigenvalue weighted by atomic mass is 10.2. The van der Waals surface area contributed by atoms with E-state index in [1.807, 2.05) is 0 Å². The molecule has 0 aliphatic heterocycles. The van der Waals surface area contributed by atoms with Crippen LogP contribution in [-0.2, 0) is 0 Å². The number of benzene rings is 1. The average Bonchev–Trinajstić information content (AvgIpc) is 2.18. The lowest BCUT2D eigenvalue weighted by molar-refractivity contribution is 0.0697. The Morgan fingerprint density at radius 2 is 2.36 bits per heavy atom. The molecular weight excluding hydrogens is 297 g/mol. The Bertz CT molecular complexity index is 341. The van der Waals surface area contributed by atoms with Gasteiger partial charge in [-0.2, -0.15) is 0 Å². The molecule has 0 amide bonds. The third-order valence-corrected chi connectivity index (χ3v) is 2.02. The van der Waals surface area contributed by atoms with Crippen molar-refractivity contribution in [2.45, 2.75) is 0 Å². The molecule has 2 N–H and O–H groups in total. The number of hydrogen-bond donors (Lipinski definition) is 2. The van der Waals surface area contributed by atoms with Gasteiger partial charge in [-0.15, -0.1) is 0 Å². The molecule has 0 bridgehead atoms.